The van der Waals surface area contributed by atoms with E-state index in [0.717, 1.165) is 16.8 Å². The Kier molecular flexibility index (Phi) is 9.03. The number of nitrogens with zero attached hydrogens (tertiary/aromatic N) is 4. The van der Waals surface area contributed by atoms with E-state index in [1.165, 1.54) is 4.31 Å². The number of hydrogen-bond acceptors (Lipinski definition) is 4. The molecule has 0 fully saturated rings. The fourth-order valence-electron chi connectivity index (χ4n) is 3.65. The summed E-state index contributed by atoms with van der Waals surface area (Å²) < 4.78 is 31.2. The van der Waals surface area contributed by atoms with Gasteiger partial charge in [0, 0.05) is 37.1 Å². The van der Waals surface area contributed by atoms with Gasteiger partial charge in [-0.25, -0.2) is 5.01 Å². The number of hydrogen-bond donors (Lipinski definition) is 2. The van der Waals surface area contributed by atoms with Crippen LogP contribution in [0.25, 0.3) is 0 Å². The zero-order chi connectivity index (χ0) is 24.6. The van der Waals surface area contributed by atoms with Crippen LogP contribution in [0.15, 0.2) is 64.1 Å². The highest BCUT2D eigenvalue weighted by Crippen LogP contribution is 2.29. The van der Waals surface area contributed by atoms with Gasteiger partial charge < -0.3 is 10.6 Å². The zero-order valence-electron chi connectivity index (χ0n) is 19.2. The highest BCUT2D eigenvalue weighted by Gasteiger charge is 2.32. The molecule has 0 aliphatic carbocycles. The summed E-state index contributed by atoms with van der Waals surface area (Å²) in [6.07, 6.45) is 0.587. The lowest BCUT2D eigenvalue weighted by atomic mass is 9.91. The number of hydrazone groups is 1. The molecule has 2 aromatic carbocycles. The molecule has 11 heteroatoms. The van der Waals surface area contributed by atoms with E-state index >= 15 is 0 Å². The van der Waals surface area contributed by atoms with Crippen LogP contribution < -0.4 is 10.6 Å². The average Bonchev–Trinajstić information content (AvgIpc) is 3.28. The maximum Gasteiger partial charge on any atom is 0.325 e. The molecule has 0 aromatic heterocycles. The summed E-state index contributed by atoms with van der Waals surface area (Å²) in [7, 11) is -3.93. The summed E-state index contributed by atoms with van der Waals surface area (Å²) in [6.45, 7) is 5.10. The molecule has 1 unspecified atom stereocenters. The molecule has 9 nitrogen and oxygen atoms in total. The van der Waals surface area contributed by atoms with E-state index in [-0.39, 0.29) is 18.4 Å². The van der Waals surface area contributed by atoms with Crippen molar-refractivity contribution in [1.29, 1.82) is 0 Å². The molecule has 2 N–H and O–H groups in total. The standard InChI is InChI=1S/C23H29ClN6O3S/c1-3-29(4-2)34(32,33)28-23(26-15-14-25-17-31)30-16-21(18-8-6-5-7-9-18)22(27-30)19-10-12-20(24)13-11-19/h5-13,17,21H,3-4,14-16H2,1-2H3,(H,25,31)(H,26,28). The SMILES string of the molecule is CCN(CC)S(=O)(=O)/N=C(\NCCNC=O)N1CC(c2ccccc2)C(c2ccc(Cl)cc2)=N1. The first-order chi connectivity index (χ1) is 16.4. The number of rotatable bonds is 10. The van der Waals surface area contributed by atoms with E-state index in [0.29, 0.717) is 37.6 Å². The van der Waals surface area contributed by atoms with Gasteiger partial charge in [-0.1, -0.05) is 67.9 Å². The Morgan fingerprint density at radius 1 is 1.15 bits per heavy atom. The van der Waals surface area contributed by atoms with Gasteiger partial charge in [0.25, 0.3) is 0 Å². The molecule has 2 aromatic rings. The lowest BCUT2D eigenvalue weighted by Crippen LogP contribution is -2.42. The first kappa shape index (κ1) is 25.7. The number of benzene rings is 2. The molecule has 1 aliphatic heterocycles. The molecular formula is C23H29ClN6O3S. The van der Waals surface area contributed by atoms with Crippen LogP contribution in [0, 0.1) is 0 Å². The van der Waals surface area contributed by atoms with Gasteiger partial charge in [0.05, 0.1) is 12.3 Å². The molecule has 0 bridgehead atoms. The molecule has 0 saturated carbocycles. The molecule has 0 saturated heterocycles. The van der Waals surface area contributed by atoms with Crippen LogP contribution in [-0.4, -0.2) is 68.5 Å². The third-order valence-corrected chi connectivity index (χ3v) is 7.19. The van der Waals surface area contributed by atoms with Crippen molar-refractivity contribution in [1.82, 2.24) is 19.9 Å². The fraction of sp³-hybridized carbons (Fsp3) is 0.348. The molecule has 0 radical (unpaired) electrons. The van der Waals surface area contributed by atoms with Crippen molar-refractivity contribution in [3.63, 3.8) is 0 Å². The molecule has 3 rings (SSSR count). The largest absolute Gasteiger partial charge is 0.357 e. The predicted octanol–water partition coefficient (Wildman–Crippen LogP) is 2.42. The Morgan fingerprint density at radius 2 is 1.82 bits per heavy atom. The minimum absolute atomic E-state index is 0.101. The third-order valence-electron chi connectivity index (χ3n) is 5.37. The number of nitrogens with one attached hydrogen (secondary N) is 2. The summed E-state index contributed by atoms with van der Waals surface area (Å²) in [5, 5.41) is 12.6. The Hall–Kier alpha value is -2.95. The predicted molar refractivity (Wildman–Crippen MR) is 135 cm³/mol. The summed E-state index contributed by atoms with van der Waals surface area (Å²) in [5.74, 6) is -0.0110. The van der Waals surface area contributed by atoms with Gasteiger partial charge in [-0.2, -0.15) is 17.8 Å². The summed E-state index contributed by atoms with van der Waals surface area (Å²) >= 11 is 6.08. The Bertz CT molecular complexity index is 1120. The van der Waals surface area contributed by atoms with Gasteiger partial charge in [0.15, 0.2) is 0 Å². The van der Waals surface area contributed by atoms with Crippen LogP contribution in [-0.2, 0) is 15.0 Å². The van der Waals surface area contributed by atoms with Crippen LogP contribution in [0.3, 0.4) is 0 Å². The van der Waals surface area contributed by atoms with Crippen molar-refractivity contribution >= 4 is 39.9 Å². The van der Waals surface area contributed by atoms with Gasteiger partial charge in [0.2, 0.25) is 12.4 Å². The maximum atomic E-state index is 12.9. The van der Waals surface area contributed by atoms with Crippen LogP contribution >= 0.6 is 11.6 Å². The van der Waals surface area contributed by atoms with Crippen molar-refractivity contribution in [3.8, 4) is 0 Å². The van der Waals surface area contributed by atoms with Gasteiger partial charge in [-0.3, -0.25) is 4.79 Å². The second-order valence-corrected chi connectivity index (χ2v) is 9.54. The topological polar surface area (TPSA) is 106 Å². The molecular weight excluding hydrogens is 476 g/mol. The van der Waals surface area contributed by atoms with E-state index in [1.54, 1.807) is 31.0 Å². The molecule has 1 amide bonds. The fourth-order valence-corrected chi connectivity index (χ4v) is 4.93. The summed E-state index contributed by atoms with van der Waals surface area (Å²) in [6, 6.07) is 17.3. The van der Waals surface area contributed by atoms with Gasteiger partial charge in [0.1, 0.15) is 0 Å². The van der Waals surface area contributed by atoms with E-state index in [9.17, 15) is 13.2 Å². The zero-order valence-corrected chi connectivity index (χ0v) is 20.8. The number of carbonyl (C=O) groups is 1. The maximum absolute atomic E-state index is 12.9. The third kappa shape index (κ3) is 6.34. The average molecular weight is 505 g/mol. The van der Waals surface area contributed by atoms with E-state index in [2.05, 4.69) is 15.0 Å². The van der Waals surface area contributed by atoms with E-state index < -0.39 is 10.2 Å². The molecule has 0 spiro atoms. The molecule has 1 heterocycles. The molecule has 34 heavy (non-hydrogen) atoms. The van der Waals surface area contributed by atoms with Crippen LogP contribution in [0.4, 0.5) is 0 Å². The number of guanidine groups is 1. The van der Waals surface area contributed by atoms with Crippen molar-refractivity contribution in [2.75, 3.05) is 32.7 Å². The Labute approximate surface area is 205 Å². The molecule has 1 atom stereocenters. The summed E-state index contributed by atoms with van der Waals surface area (Å²) in [4.78, 5) is 10.6. The molecule has 182 valence electrons. The van der Waals surface area contributed by atoms with Crippen molar-refractivity contribution in [2.24, 2.45) is 9.50 Å². The second kappa shape index (κ2) is 12.0. The molecule has 1 aliphatic rings. The van der Waals surface area contributed by atoms with Gasteiger partial charge >= 0.3 is 10.2 Å². The smallest absolute Gasteiger partial charge is 0.325 e. The Morgan fingerprint density at radius 3 is 2.44 bits per heavy atom. The van der Waals surface area contributed by atoms with E-state index in [4.69, 9.17) is 16.7 Å². The van der Waals surface area contributed by atoms with Crippen molar-refractivity contribution in [3.05, 3.63) is 70.7 Å². The number of carbonyl (C=O) groups excluding carboxylic acids is 1. The monoisotopic (exact) mass is 504 g/mol. The minimum Gasteiger partial charge on any atom is -0.357 e. The van der Waals surface area contributed by atoms with Crippen LogP contribution in [0.1, 0.15) is 30.9 Å². The number of amides is 1. The van der Waals surface area contributed by atoms with Gasteiger partial charge in [-0.05, 0) is 23.3 Å². The quantitative estimate of drug-likeness (QED) is 0.224. The summed E-state index contributed by atoms with van der Waals surface area (Å²) in [5.41, 5.74) is 2.71. The highest BCUT2D eigenvalue weighted by molar-refractivity contribution is 7.87. The van der Waals surface area contributed by atoms with Crippen LogP contribution in [0.2, 0.25) is 5.02 Å². The van der Waals surface area contributed by atoms with Gasteiger partial charge in [-0.15, -0.1) is 4.40 Å². The first-order valence-electron chi connectivity index (χ1n) is 11.1. The lowest BCUT2D eigenvalue weighted by Gasteiger charge is -2.21. The normalized spacial score (nSPS) is 16.5. The number of halogens is 1. The Balaban J connectivity index is 2.02. The lowest BCUT2D eigenvalue weighted by molar-refractivity contribution is -0.109. The minimum atomic E-state index is -3.93. The van der Waals surface area contributed by atoms with E-state index in [1.807, 2.05) is 42.5 Å². The van der Waals surface area contributed by atoms with Crippen LogP contribution in [0.5, 0.6) is 0 Å². The second-order valence-electron chi connectivity index (χ2n) is 7.51. The van der Waals surface area contributed by atoms with Crippen molar-refractivity contribution < 1.29 is 13.2 Å². The highest BCUT2D eigenvalue weighted by atomic mass is 35.5. The van der Waals surface area contributed by atoms with Crippen molar-refractivity contribution in [2.45, 2.75) is 19.8 Å². The first-order valence-corrected chi connectivity index (χ1v) is 12.8.